The number of ether oxygens (including phenoxy) is 2. The maximum atomic E-state index is 11.2. The summed E-state index contributed by atoms with van der Waals surface area (Å²) < 4.78 is 9.93. The van der Waals surface area contributed by atoms with Crippen molar-refractivity contribution in [2.45, 2.75) is 38.8 Å². The number of nitrogens with one attached hydrogen (secondary N) is 1. The molecule has 90 valence electrons. The number of hydrogen-bond donors (Lipinski definition) is 2. The number of rotatable bonds is 5. The van der Waals surface area contributed by atoms with Crippen molar-refractivity contribution in [1.82, 2.24) is 5.32 Å². The van der Waals surface area contributed by atoms with Gasteiger partial charge >= 0.3 is 6.09 Å². The Balaban J connectivity index is 3.55. The number of hydrogen-bond acceptors (Lipinski definition) is 4. The summed E-state index contributed by atoms with van der Waals surface area (Å²) in [5.74, 6) is 0. The molecule has 0 fully saturated rings. The predicted molar refractivity (Wildman–Crippen MR) is 58.7 cm³/mol. The Bertz CT molecular complexity index is 190. The lowest BCUT2D eigenvalue weighted by atomic mass is 10.2. The number of alkyl carbamates (subject to hydrolysis) is 1. The minimum atomic E-state index is -0.460. The van der Waals surface area contributed by atoms with Crippen LogP contribution in [0.5, 0.6) is 0 Å². The maximum Gasteiger partial charge on any atom is 0.407 e. The van der Waals surface area contributed by atoms with E-state index in [1.54, 1.807) is 7.11 Å². The normalized spacial score (nSPS) is 13.4. The molecule has 0 aromatic rings. The Morgan fingerprint density at radius 2 is 2.07 bits per heavy atom. The largest absolute Gasteiger partial charge is 0.444 e. The molecule has 5 heteroatoms. The van der Waals surface area contributed by atoms with E-state index in [-0.39, 0.29) is 6.04 Å². The minimum Gasteiger partial charge on any atom is -0.444 e. The van der Waals surface area contributed by atoms with Crippen LogP contribution >= 0.6 is 0 Å². The van der Waals surface area contributed by atoms with Gasteiger partial charge in [0.25, 0.3) is 0 Å². The van der Waals surface area contributed by atoms with Gasteiger partial charge in [-0.15, -0.1) is 0 Å². The van der Waals surface area contributed by atoms with E-state index < -0.39 is 11.7 Å². The van der Waals surface area contributed by atoms with Crippen molar-refractivity contribution < 1.29 is 14.3 Å². The summed E-state index contributed by atoms with van der Waals surface area (Å²) in [7, 11) is 1.60. The van der Waals surface area contributed by atoms with Crippen LogP contribution in [0.2, 0.25) is 0 Å². The van der Waals surface area contributed by atoms with E-state index in [0.29, 0.717) is 19.6 Å². The van der Waals surface area contributed by atoms with Crippen LogP contribution in [0, 0.1) is 0 Å². The molecule has 0 aliphatic carbocycles. The van der Waals surface area contributed by atoms with Gasteiger partial charge in [0.05, 0.1) is 6.61 Å². The Labute approximate surface area is 91.3 Å². The lowest BCUT2D eigenvalue weighted by Crippen LogP contribution is -2.36. The molecular weight excluding hydrogens is 196 g/mol. The van der Waals surface area contributed by atoms with E-state index in [1.807, 2.05) is 20.8 Å². The highest BCUT2D eigenvalue weighted by molar-refractivity contribution is 5.67. The Kier molecular flexibility index (Phi) is 6.27. The summed E-state index contributed by atoms with van der Waals surface area (Å²) >= 11 is 0. The van der Waals surface area contributed by atoms with E-state index >= 15 is 0 Å². The fourth-order valence-electron chi connectivity index (χ4n) is 0.971. The molecule has 0 aliphatic rings. The number of nitrogens with two attached hydrogens (primary N) is 1. The molecule has 1 unspecified atom stereocenters. The van der Waals surface area contributed by atoms with Gasteiger partial charge in [-0.25, -0.2) is 4.79 Å². The Morgan fingerprint density at radius 3 is 2.53 bits per heavy atom. The van der Waals surface area contributed by atoms with Crippen molar-refractivity contribution in [3.8, 4) is 0 Å². The van der Waals surface area contributed by atoms with E-state index in [1.165, 1.54) is 0 Å². The van der Waals surface area contributed by atoms with Gasteiger partial charge in [0, 0.05) is 19.7 Å². The average Bonchev–Trinajstić information content (AvgIpc) is 2.00. The molecule has 1 amide bonds. The van der Waals surface area contributed by atoms with Gasteiger partial charge in [-0.1, -0.05) is 0 Å². The highest BCUT2D eigenvalue weighted by Crippen LogP contribution is 2.06. The lowest BCUT2D eigenvalue weighted by Gasteiger charge is -2.20. The van der Waals surface area contributed by atoms with Crippen LogP contribution in [-0.2, 0) is 9.47 Å². The fraction of sp³-hybridized carbons (Fsp3) is 0.900. The summed E-state index contributed by atoms with van der Waals surface area (Å²) in [5, 5.41) is 2.63. The fourth-order valence-corrected chi connectivity index (χ4v) is 0.971. The first-order valence-corrected chi connectivity index (χ1v) is 5.06. The Hall–Kier alpha value is -0.810. The van der Waals surface area contributed by atoms with Crippen LogP contribution in [0.1, 0.15) is 27.2 Å². The van der Waals surface area contributed by atoms with Gasteiger partial charge in [-0.2, -0.15) is 0 Å². The molecule has 0 saturated carbocycles. The van der Waals surface area contributed by atoms with E-state index in [2.05, 4.69) is 5.32 Å². The molecule has 15 heavy (non-hydrogen) atoms. The molecule has 5 nitrogen and oxygen atoms in total. The van der Waals surface area contributed by atoms with Crippen molar-refractivity contribution in [3.05, 3.63) is 0 Å². The molecule has 0 aromatic carbocycles. The van der Waals surface area contributed by atoms with Crippen LogP contribution in [0.3, 0.4) is 0 Å². The highest BCUT2D eigenvalue weighted by Gasteiger charge is 2.15. The zero-order chi connectivity index (χ0) is 11.9. The molecule has 0 bridgehead atoms. The van der Waals surface area contributed by atoms with Gasteiger partial charge < -0.3 is 20.5 Å². The monoisotopic (exact) mass is 218 g/mol. The zero-order valence-electron chi connectivity index (χ0n) is 10.0. The first kappa shape index (κ1) is 14.2. The van der Waals surface area contributed by atoms with E-state index in [9.17, 15) is 4.79 Å². The summed E-state index contributed by atoms with van der Waals surface area (Å²) in [6.07, 6.45) is 0.264. The van der Waals surface area contributed by atoms with Crippen molar-refractivity contribution >= 4 is 6.09 Å². The Morgan fingerprint density at radius 1 is 1.47 bits per heavy atom. The van der Waals surface area contributed by atoms with Crippen molar-refractivity contribution in [2.24, 2.45) is 5.73 Å². The molecule has 0 saturated heterocycles. The van der Waals surface area contributed by atoms with Crippen LogP contribution in [0.4, 0.5) is 4.79 Å². The van der Waals surface area contributed by atoms with Crippen LogP contribution in [-0.4, -0.2) is 38.0 Å². The summed E-state index contributed by atoms with van der Waals surface area (Å²) in [6.45, 7) is 6.46. The van der Waals surface area contributed by atoms with Gasteiger partial charge in [0.2, 0.25) is 0 Å². The molecule has 0 radical (unpaired) electrons. The molecule has 0 aliphatic heterocycles. The minimum absolute atomic E-state index is 0.0510. The second-order valence-corrected chi connectivity index (χ2v) is 4.43. The smallest absolute Gasteiger partial charge is 0.407 e. The first-order valence-electron chi connectivity index (χ1n) is 5.06. The molecule has 0 rings (SSSR count). The molecule has 0 heterocycles. The third kappa shape index (κ3) is 9.49. The maximum absolute atomic E-state index is 11.2. The SMILES string of the molecule is COCC(N)CCNC(=O)OC(C)(C)C. The second kappa shape index (κ2) is 6.63. The van der Waals surface area contributed by atoms with Crippen LogP contribution in [0.15, 0.2) is 0 Å². The van der Waals surface area contributed by atoms with Gasteiger partial charge in [-0.05, 0) is 27.2 Å². The number of methoxy groups -OCH3 is 1. The average molecular weight is 218 g/mol. The first-order chi connectivity index (χ1) is 6.85. The quantitative estimate of drug-likeness (QED) is 0.718. The summed E-state index contributed by atoms with van der Waals surface area (Å²) in [5.41, 5.74) is 5.22. The van der Waals surface area contributed by atoms with E-state index in [4.69, 9.17) is 15.2 Å². The highest BCUT2D eigenvalue weighted by atomic mass is 16.6. The summed E-state index contributed by atoms with van der Waals surface area (Å²) in [4.78, 5) is 11.2. The predicted octanol–water partition coefficient (Wildman–Crippen LogP) is 0.875. The molecular formula is C10H22N2O3. The third-order valence-corrected chi connectivity index (χ3v) is 1.56. The van der Waals surface area contributed by atoms with Crippen molar-refractivity contribution in [3.63, 3.8) is 0 Å². The van der Waals surface area contributed by atoms with Gasteiger partial charge in [0.1, 0.15) is 5.60 Å². The molecule has 3 N–H and O–H groups in total. The number of carbonyl (C=O) groups excluding carboxylic acids is 1. The summed E-state index contributed by atoms with van der Waals surface area (Å²) in [6, 6.07) is -0.0510. The van der Waals surface area contributed by atoms with Crippen LogP contribution < -0.4 is 11.1 Å². The number of amides is 1. The molecule has 1 atom stereocenters. The molecule has 0 aromatic heterocycles. The van der Waals surface area contributed by atoms with Crippen molar-refractivity contribution in [1.29, 1.82) is 0 Å². The molecule has 0 spiro atoms. The zero-order valence-corrected chi connectivity index (χ0v) is 10.0. The number of carbonyl (C=O) groups is 1. The third-order valence-electron chi connectivity index (χ3n) is 1.56. The van der Waals surface area contributed by atoms with Gasteiger partial charge in [0.15, 0.2) is 0 Å². The topological polar surface area (TPSA) is 73.6 Å². The second-order valence-electron chi connectivity index (χ2n) is 4.43. The van der Waals surface area contributed by atoms with Crippen LogP contribution in [0.25, 0.3) is 0 Å². The van der Waals surface area contributed by atoms with E-state index in [0.717, 1.165) is 0 Å². The standard InChI is InChI=1S/C10H22N2O3/c1-10(2,3)15-9(13)12-6-5-8(11)7-14-4/h8H,5-7,11H2,1-4H3,(H,12,13). The lowest BCUT2D eigenvalue weighted by molar-refractivity contribution is 0.0524. The van der Waals surface area contributed by atoms with Gasteiger partial charge in [-0.3, -0.25) is 0 Å². The van der Waals surface area contributed by atoms with Crippen molar-refractivity contribution in [2.75, 3.05) is 20.3 Å².